The van der Waals surface area contributed by atoms with Crippen LogP contribution in [0.4, 0.5) is 0 Å². The van der Waals surface area contributed by atoms with E-state index in [2.05, 4.69) is 9.97 Å². The summed E-state index contributed by atoms with van der Waals surface area (Å²) >= 11 is 0. The lowest BCUT2D eigenvalue weighted by Gasteiger charge is -2.21. The standard InChI is InChI=1S/C15H16N2O3/c1-4-13-14(17-9-16-13)5-10(1)7-18-12-3-2-11-8-19-20-15(11)6-12/h2-3,6,9-10H,1,4-5,7-8H2,(H,16,17). The Balaban J connectivity index is 1.39. The maximum Gasteiger partial charge on any atom is 0.174 e. The van der Waals surface area contributed by atoms with E-state index in [0.29, 0.717) is 12.5 Å². The number of benzene rings is 1. The molecule has 2 heterocycles. The minimum atomic E-state index is 0.515. The topological polar surface area (TPSA) is 56.4 Å². The van der Waals surface area contributed by atoms with E-state index in [4.69, 9.17) is 14.5 Å². The van der Waals surface area contributed by atoms with Crippen LogP contribution in [-0.2, 0) is 24.3 Å². The predicted octanol–water partition coefficient (Wildman–Crippen LogP) is 2.42. The van der Waals surface area contributed by atoms with Gasteiger partial charge in [-0.3, -0.25) is 0 Å². The van der Waals surface area contributed by atoms with Crippen LogP contribution in [0, 0.1) is 5.92 Å². The zero-order chi connectivity index (χ0) is 13.4. The first-order valence-corrected chi connectivity index (χ1v) is 6.95. The number of hydrogen-bond acceptors (Lipinski definition) is 4. The lowest BCUT2D eigenvalue weighted by atomic mass is 9.90. The number of nitrogens with one attached hydrogen (secondary N) is 1. The van der Waals surface area contributed by atoms with Gasteiger partial charge in [0.1, 0.15) is 12.4 Å². The summed E-state index contributed by atoms with van der Waals surface area (Å²) in [6.07, 6.45) is 4.96. The molecule has 0 fully saturated rings. The molecule has 5 heteroatoms. The number of aromatic amines is 1. The lowest BCUT2D eigenvalue weighted by molar-refractivity contribution is -0.194. The SMILES string of the molecule is c1nc2c([nH]1)CC(COc1ccc3c(c1)OOC3)CC2. The van der Waals surface area contributed by atoms with Crippen LogP contribution < -0.4 is 9.62 Å². The third kappa shape index (κ3) is 2.14. The molecule has 20 heavy (non-hydrogen) atoms. The van der Waals surface area contributed by atoms with Crippen molar-refractivity contribution in [3.8, 4) is 11.5 Å². The highest BCUT2D eigenvalue weighted by Crippen LogP contribution is 2.31. The van der Waals surface area contributed by atoms with Gasteiger partial charge in [0.2, 0.25) is 0 Å². The van der Waals surface area contributed by atoms with Crippen molar-refractivity contribution in [2.75, 3.05) is 6.61 Å². The van der Waals surface area contributed by atoms with Crippen molar-refractivity contribution in [3.63, 3.8) is 0 Å². The third-order valence-corrected chi connectivity index (χ3v) is 3.98. The van der Waals surface area contributed by atoms with Gasteiger partial charge in [0.25, 0.3) is 0 Å². The number of nitrogens with zero attached hydrogens (tertiary/aromatic N) is 1. The number of imidazole rings is 1. The van der Waals surface area contributed by atoms with Crippen LogP contribution in [0.2, 0.25) is 0 Å². The van der Waals surface area contributed by atoms with Crippen molar-refractivity contribution in [3.05, 3.63) is 41.5 Å². The normalized spacial score (nSPS) is 20.1. The molecular weight excluding hydrogens is 256 g/mol. The summed E-state index contributed by atoms with van der Waals surface area (Å²) in [4.78, 5) is 17.5. The highest BCUT2D eigenvalue weighted by atomic mass is 17.2. The maximum absolute atomic E-state index is 5.89. The van der Waals surface area contributed by atoms with Gasteiger partial charge in [-0.1, -0.05) is 0 Å². The summed E-state index contributed by atoms with van der Waals surface area (Å²) in [7, 11) is 0. The number of fused-ring (bicyclic) bond motifs is 2. The first-order chi connectivity index (χ1) is 9.88. The van der Waals surface area contributed by atoms with Gasteiger partial charge in [-0.25, -0.2) is 4.98 Å². The fourth-order valence-electron chi connectivity index (χ4n) is 2.81. The molecule has 2 aliphatic rings. The van der Waals surface area contributed by atoms with Gasteiger partial charge in [-0.2, -0.15) is 4.89 Å². The van der Waals surface area contributed by atoms with Gasteiger partial charge >= 0.3 is 0 Å². The minimum absolute atomic E-state index is 0.515. The Morgan fingerprint density at radius 2 is 2.40 bits per heavy atom. The minimum Gasteiger partial charge on any atom is -0.493 e. The first-order valence-electron chi connectivity index (χ1n) is 6.95. The van der Waals surface area contributed by atoms with Crippen LogP contribution in [0.1, 0.15) is 23.4 Å². The largest absolute Gasteiger partial charge is 0.493 e. The van der Waals surface area contributed by atoms with E-state index >= 15 is 0 Å². The second kappa shape index (κ2) is 4.83. The van der Waals surface area contributed by atoms with Crippen LogP contribution >= 0.6 is 0 Å². The molecule has 104 valence electrons. The number of H-pyrrole nitrogens is 1. The molecule has 1 aromatic heterocycles. The van der Waals surface area contributed by atoms with Gasteiger partial charge < -0.3 is 14.6 Å². The number of hydrogen-bond donors (Lipinski definition) is 1. The third-order valence-electron chi connectivity index (χ3n) is 3.98. The van der Waals surface area contributed by atoms with Gasteiger partial charge in [-0.15, -0.1) is 0 Å². The Kier molecular flexibility index (Phi) is 2.85. The molecule has 1 aromatic carbocycles. The number of aryl methyl sites for hydroxylation is 1. The summed E-state index contributed by atoms with van der Waals surface area (Å²) in [5.41, 5.74) is 3.54. The molecule has 0 bridgehead atoms. The molecule has 0 saturated carbocycles. The summed E-state index contributed by atoms with van der Waals surface area (Å²) in [6, 6.07) is 5.86. The second-order valence-corrected chi connectivity index (χ2v) is 5.36. The van der Waals surface area contributed by atoms with E-state index in [1.165, 1.54) is 11.4 Å². The van der Waals surface area contributed by atoms with Gasteiger partial charge in [0, 0.05) is 17.3 Å². The first kappa shape index (κ1) is 11.8. The molecule has 0 saturated heterocycles. The van der Waals surface area contributed by atoms with Crippen molar-refractivity contribution >= 4 is 0 Å². The highest BCUT2D eigenvalue weighted by Gasteiger charge is 2.21. The summed E-state index contributed by atoms with van der Waals surface area (Å²) in [5.74, 6) is 2.14. The van der Waals surface area contributed by atoms with E-state index in [9.17, 15) is 0 Å². The highest BCUT2D eigenvalue weighted by molar-refractivity contribution is 5.41. The zero-order valence-corrected chi connectivity index (χ0v) is 11.1. The molecule has 4 rings (SSSR count). The molecule has 1 atom stereocenters. The van der Waals surface area contributed by atoms with E-state index in [1.54, 1.807) is 6.33 Å². The van der Waals surface area contributed by atoms with E-state index in [1.807, 2.05) is 18.2 Å². The van der Waals surface area contributed by atoms with Crippen molar-refractivity contribution in [2.24, 2.45) is 5.92 Å². The average Bonchev–Trinajstić information content (AvgIpc) is 3.12. The van der Waals surface area contributed by atoms with Crippen LogP contribution in [0.5, 0.6) is 11.5 Å². The van der Waals surface area contributed by atoms with Gasteiger partial charge in [0.05, 0.1) is 18.6 Å². The summed E-state index contributed by atoms with van der Waals surface area (Å²) < 4.78 is 5.89. The Hall–Kier alpha value is -2.01. The zero-order valence-electron chi connectivity index (χ0n) is 11.1. The fraction of sp³-hybridized carbons (Fsp3) is 0.400. The molecule has 0 amide bonds. The molecule has 2 aromatic rings. The predicted molar refractivity (Wildman–Crippen MR) is 71.5 cm³/mol. The summed E-state index contributed by atoms with van der Waals surface area (Å²) in [6.45, 7) is 1.24. The van der Waals surface area contributed by atoms with Crippen molar-refractivity contribution in [1.82, 2.24) is 9.97 Å². The van der Waals surface area contributed by atoms with Crippen molar-refractivity contribution in [2.45, 2.75) is 25.9 Å². The smallest absolute Gasteiger partial charge is 0.174 e. The lowest BCUT2D eigenvalue weighted by Crippen LogP contribution is -2.20. The Morgan fingerprint density at radius 1 is 1.40 bits per heavy atom. The van der Waals surface area contributed by atoms with Crippen LogP contribution in [-0.4, -0.2) is 16.6 Å². The van der Waals surface area contributed by atoms with E-state index in [0.717, 1.165) is 42.9 Å². The Bertz CT molecular complexity index is 623. The monoisotopic (exact) mass is 272 g/mol. The van der Waals surface area contributed by atoms with Crippen LogP contribution in [0.25, 0.3) is 0 Å². The quantitative estimate of drug-likeness (QED) is 0.872. The molecule has 0 radical (unpaired) electrons. The molecule has 1 unspecified atom stereocenters. The number of aromatic nitrogens is 2. The molecule has 1 aliphatic carbocycles. The van der Waals surface area contributed by atoms with Gasteiger partial charge in [0.15, 0.2) is 5.75 Å². The van der Waals surface area contributed by atoms with Gasteiger partial charge in [-0.05, 0) is 37.3 Å². The molecular formula is C15H16N2O3. The molecule has 1 aliphatic heterocycles. The summed E-state index contributed by atoms with van der Waals surface area (Å²) in [5, 5.41) is 0. The van der Waals surface area contributed by atoms with Crippen LogP contribution in [0.3, 0.4) is 0 Å². The molecule has 1 N–H and O–H groups in total. The average molecular weight is 272 g/mol. The number of ether oxygens (including phenoxy) is 1. The number of rotatable bonds is 3. The maximum atomic E-state index is 5.89. The van der Waals surface area contributed by atoms with E-state index in [-0.39, 0.29) is 0 Å². The van der Waals surface area contributed by atoms with Crippen molar-refractivity contribution < 1.29 is 14.5 Å². The van der Waals surface area contributed by atoms with E-state index < -0.39 is 0 Å². The fourth-order valence-corrected chi connectivity index (χ4v) is 2.81. The second-order valence-electron chi connectivity index (χ2n) is 5.36. The van der Waals surface area contributed by atoms with Crippen molar-refractivity contribution in [1.29, 1.82) is 0 Å². The molecule has 0 spiro atoms. The molecule has 5 nitrogen and oxygen atoms in total. The Labute approximate surface area is 116 Å². The van der Waals surface area contributed by atoms with Crippen LogP contribution in [0.15, 0.2) is 24.5 Å². The Morgan fingerprint density at radius 3 is 3.40 bits per heavy atom.